The number of hydrogen-bond donors (Lipinski definition) is 0. The molecule has 0 heteroatoms. The molecule has 0 amide bonds. The van der Waals surface area contributed by atoms with Gasteiger partial charge in [-0.2, -0.15) is 0 Å². The van der Waals surface area contributed by atoms with Crippen molar-refractivity contribution in [2.75, 3.05) is 0 Å². The fourth-order valence-electron chi connectivity index (χ4n) is 1.21. The van der Waals surface area contributed by atoms with E-state index >= 15 is 0 Å². The van der Waals surface area contributed by atoms with Gasteiger partial charge in [-0.15, -0.1) is 0 Å². The fourth-order valence-corrected chi connectivity index (χ4v) is 1.21. The topological polar surface area (TPSA) is 0 Å². The van der Waals surface area contributed by atoms with Crippen LogP contribution in [0.25, 0.3) is 0 Å². The average molecular weight is 122 g/mol. The van der Waals surface area contributed by atoms with Crippen LogP contribution in [0.15, 0.2) is 12.2 Å². The molecule has 50 valence electrons. The summed E-state index contributed by atoms with van der Waals surface area (Å²) >= 11 is 0. The average Bonchev–Trinajstić information content (AvgIpc) is 1.90. The third-order valence-electron chi connectivity index (χ3n) is 2.01. The third kappa shape index (κ3) is 1.85. The van der Waals surface area contributed by atoms with E-state index in [1.807, 2.05) is 0 Å². The Balaban J connectivity index is 2.38. The van der Waals surface area contributed by atoms with Crippen LogP contribution in [0.5, 0.6) is 0 Å². The number of rotatable bonds is 1. The lowest BCUT2D eigenvalue weighted by Gasteiger charge is -2.17. The molecule has 0 heterocycles. The Morgan fingerprint density at radius 1 is 1.44 bits per heavy atom. The molecule has 9 heavy (non-hydrogen) atoms. The van der Waals surface area contributed by atoms with Crippen LogP contribution in [0.2, 0.25) is 0 Å². The van der Waals surface area contributed by atoms with Gasteiger partial charge in [0, 0.05) is 0 Å². The molecule has 1 aliphatic carbocycles. The van der Waals surface area contributed by atoms with E-state index in [1.165, 1.54) is 12.8 Å². The molecule has 0 saturated carbocycles. The standard InChI is InChI=1S/C9H14/c1-3-9-6-4-8(2)5-7-9/h1,4,6,8-9H,3,5,7H2,2H3. The van der Waals surface area contributed by atoms with Gasteiger partial charge in [-0.25, -0.2) is 0 Å². The van der Waals surface area contributed by atoms with Crippen LogP contribution in [-0.4, -0.2) is 0 Å². The second kappa shape index (κ2) is 3.05. The summed E-state index contributed by atoms with van der Waals surface area (Å²) in [6.45, 7) is 7.75. The molecule has 0 fully saturated rings. The molecule has 1 rings (SSSR count). The zero-order chi connectivity index (χ0) is 6.69. The maximum Gasteiger partial charge on any atom is -0.0230 e. The smallest absolute Gasteiger partial charge is 0.0230 e. The van der Waals surface area contributed by atoms with Crippen molar-refractivity contribution in [3.8, 4) is 0 Å². The van der Waals surface area contributed by atoms with Crippen molar-refractivity contribution < 1.29 is 0 Å². The van der Waals surface area contributed by atoms with Gasteiger partial charge in [0.05, 0.1) is 0 Å². The lowest BCUT2D eigenvalue weighted by molar-refractivity contribution is 0.479. The first-order valence-electron chi connectivity index (χ1n) is 3.71. The molecule has 0 N–H and O–H groups in total. The Morgan fingerprint density at radius 3 is 2.67 bits per heavy atom. The van der Waals surface area contributed by atoms with E-state index in [4.69, 9.17) is 6.92 Å². The molecule has 2 radical (unpaired) electrons. The Hall–Kier alpha value is -0.260. The summed E-state index contributed by atoms with van der Waals surface area (Å²) in [5.74, 6) is 1.45. The van der Waals surface area contributed by atoms with Crippen molar-refractivity contribution in [3.63, 3.8) is 0 Å². The highest BCUT2D eigenvalue weighted by Gasteiger charge is 2.09. The Bertz CT molecular complexity index is 103. The zero-order valence-electron chi connectivity index (χ0n) is 6.01. The SMILES string of the molecule is [CH]CC1C=CC(C)CC1. The molecule has 0 spiro atoms. The lowest BCUT2D eigenvalue weighted by atomic mass is 9.88. The van der Waals surface area contributed by atoms with Crippen LogP contribution < -0.4 is 0 Å². The maximum atomic E-state index is 5.50. The van der Waals surface area contributed by atoms with E-state index in [2.05, 4.69) is 19.1 Å². The minimum atomic E-state index is 0.668. The molecule has 0 aliphatic heterocycles. The van der Waals surface area contributed by atoms with Crippen molar-refractivity contribution >= 4 is 0 Å². The molecule has 1 aliphatic rings. The molecule has 0 aromatic rings. The summed E-state index contributed by atoms with van der Waals surface area (Å²) in [5, 5.41) is 0. The van der Waals surface area contributed by atoms with Gasteiger partial charge in [-0.05, 0) is 38.0 Å². The van der Waals surface area contributed by atoms with Crippen LogP contribution in [0, 0.1) is 18.8 Å². The normalized spacial score (nSPS) is 34.9. The zero-order valence-corrected chi connectivity index (χ0v) is 6.01. The summed E-state index contributed by atoms with van der Waals surface area (Å²) < 4.78 is 0. The monoisotopic (exact) mass is 122 g/mol. The van der Waals surface area contributed by atoms with Crippen LogP contribution >= 0.6 is 0 Å². The summed E-state index contributed by atoms with van der Waals surface area (Å²) in [5.41, 5.74) is 0. The molecule has 0 saturated heterocycles. The molecule has 0 aromatic carbocycles. The van der Waals surface area contributed by atoms with Crippen LogP contribution in [0.4, 0.5) is 0 Å². The second-order valence-corrected chi connectivity index (χ2v) is 2.94. The van der Waals surface area contributed by atoms with E-state index in [0.29, 0.717) is 5.92 Å². The van der Waals surface area contributed by atoms with Gasteiger partial charge >= 0.3 is 0 Å². The fraction of sp³-hybridized carbons (Fsp3) is 0.667. The van der Waals surface area contributed by atoms with Gasteiger partial charge < -0.3 is 0 Å². The summed E-state index contributed by atoms with van der Waals surface area (Å²) in [4.78, 5) is 0. The largest absolute Gasteiger partial charge is 0.0854 e. The lowest BCUT2D eigenvalue weighted by Crippen LogP contribution is -2.04. The highest BCUT2D eigenvalue weighted by molar-refractivity contribution is 4.96. The Kier molecular flexibility index (Phi) is 2.32. The van der Waals surface area contributed by atoms with Crippen molar-refractivity contribution in [1.82, 2.24) is 0 Å². The van der Waals surface area contributed by atoms with E-state index < -0.39 is 0 Å². The van der Waals surface area contributed by atoms with E-state index in [-0.39, 0.29) is 0 Å². The minimum absolute atomic E-state index is 0.668. The molecular weight excluding hydrogens is 108 g/mol. The van der Waals surface area contributed by atoms with Gasteiger partial charge in [0.1, 0.15) is 0 Å². The van der Waals surface area contributed by atoms with Crippen molar-refractivity contribution in [1.29, 1.82) is 0 Å². The van der Waals surface area contributed by atoms with Crippen molar-refractivity contribution in [3.05, 3.63) is 19.1 Å². The summed E-state index contributed by atoms with van der Waals surface area (Å²) in [6.07, 6.45) is 7.96. The van der Waals surface area contributed by atoms with E-state index in [1.54, 1.807) is 0 Å². The first kappa shape index (κ1) is 6.85. The molecule has 2 unspecified atom stereocenters. The quantitative estimate of drug-likeness (QED) is 0.469. The summed E-state index contributed by atoms with van der Waals surface area (Å²) in [7, 11) is 0. The molecule has 0 aromatic heterocycles. The van der Waals surface area contributed by atoms with Gasteiger partial charge in [0.25, 0.3) is 0 Å². The number of allylic oxidation sites excluding steroid dienone is 2. The first-order valence-corrected chi connectivity index (χ1v) is 3.71. The van der Waals surface area contributed by atoms with E-state index in [0.717, 1.165) is 12.3 Å². The third-order valence-corrected chi connectivity index (χ3v) is 2.01. The molecule has 0 bridgehead atoms. The van der Waals surface area contributed by atoms with E-state index in [9.17, 15) is 0 Å². The van der Waals surface area contributed by atoms with Gasteiger partial charge in [0.15, 0.2) is 0 Å². The molecule has 2 atom stereocenters. The van der Waals surface area contributed by atoms with Crippen LogP contribution in [0.3, 0.4) is 0 Å². The minimum Gasteiger partial charge on any atom is -0.0854 e. The predicted octanol–water partition coefficient (Wildman–Crippen LogP) is 2.69. The highest BCUT2D eigenvalue weighted by Crippen LogP contribution is 2.23. The van der Waals surface area contributed by atoms with Crippen molar-refractivity contribution in [2.45, 2.75) is 26.2 Å². The second-order valence-electron chi connectivity index (χ2n) is 2.94. The number of hydrogen-bond acceptors (Lipinski definition) is 0. The molecule has 0 nitrogen and oxygen atoms in total. The maximum absolute atomic E-state index is 5.50. The van der Waals surface area contributed by atoms with Crippen LogP contribution in [-0.2, 0) is 0 Å². The van der Waals surface area contributed by atoms with Gasteiger partial charge in [-0.3, -0.25) is 0 Å². The highest BCUT2D eigenvalue weighted by atomic mass is 14.1. The predicted molar refractivity (Wildman–Crippen MR) is 39.9 cm³/mol. The molecular formula is C9H14. The van der Waals surface area contributed by atoms with Crippen LogP contribution in [0.1, 0.15) is 26.2 Å². The summed E-state index contributed by atoms with van der Waals surface area (Å²) in [6, 6.07) is 0. The Labute approximate surface area is 58.0 Å². The van der Waals surface area contributed by atoms with Gasteiger partial charge in [-0.1, -0.05) is 19.1 Å². The Morgan fingerprint density at radius 2 is 2.22 bits per heavy atom. The first-order chi connectivity index (χ1) is 4.33. The van der Waals surface area contributed by atoms with Gasteiger partial charge in [0.2, 0.25) is 0 Å². The van der Waals surface area contributed by atoms with Crippen molar-refractivity contribution in [2.24, 2.45) is 11.8 Å².